The third-order valence-electron chi connectivity index (χ3n) is 4.81. The number of fused-ring (bicyclic) bond motifs is 1. The van der Waals surface area contributed by atoms with Gasteiger partial charge in [-0.25, -0.2) is 13.4 Å². The summed E-state index contributed by atoms with van der Waals surface area (Å²) >= 11 is 0. The molecule has 0 bridgehead atoms. The highest BCUT2D eigenvalue weighted by atomic mass is 32.2. The number of hydrogen-bond donors (Lipinski definition) is 0. The Morgan fingerprint density at radius 3 is 2.50 bits per heavy atom. The average Bonchev–Trinajstić information content (AvgIpc) is 3.12. The van der Waals surface area contributed by atoms with Gasteiger partial charge in [-0.05, 0) is 29.8 Å². The number of oxazole rings is 1. The largest absolute Gasteiger partial charge is 0.441 e. The van der Waals surface area contributed by atoms with E-state index < -0.39 is 9.84 Å². The first-order valence-corrected chi connectivity index (χ1v) is 10.9. The van der Waals surface area contributed by atoms with Crippen molar-refractivity contribution in [2.75, 3.05) is 12.8 Å². The third-order valence-corrected chi connectivity index (χ3v) is 5.94. The van der Waals surface area contributed by atoms with E-state index in [0.29, 0.717) is 25.4 Å². The molecule has 144 valence electrons. The summed E-state index contributed by atoms with van der Waals surface area (Å²) in [4.78, 5) is 19.3. The molecular formula is C21H20N2O4S. The molecule has 0 radical (unpaired) electrons. The highest BCUT2D eigenvalue weighted by molar-refractivity contribution is 7.90. The van der Waals surface area contributed by atoms with Crippen LogP contribution in [0.25, 0.3) is 11.5 Å². The van der Waals surface area contributed by atoms with Crippen molar-refractivity contribution in [3.8, 4) is 11.5 Å². The number of nitrogens with zero attached hydrogens (tertiary/aromatic N) is 2. The van der Waals surface area contributed by atoms with Crippen LogP contribution in [0.15, 0.2) is 63.9 Å². The minimum Gasteiger partial charge on any atom is -0.441 e. The zero-order chi connectivity index (χ0) is 19.7. The van der Waals surface area contributed by atoms with Gasteiger partial charge < -0.3 is 9.32 Å². The summed E-state index contributed by atoms with van der Waals surface area (Å²) in [5.41, 5.74) is 2.50. The van der Waals surface area contributed by atoms with Gasteiger partial charge >= 0.3 is 0 Å². The second-order valence-corrected chi connectivity index (χ2v) is 8.93. The van der Waals surface area contributed by atoms with Gasteiger partial charge in [0.2, 0.25) is 11.8 Å². The Morgan fingerprint density at radius 2 is 1.82 bits per heavy atom. The van der Waals surface area contributed by atoms with E-state index in [1.54, 1.807) is 17.0 Å². The summed E-state index contributed by atoms with van der Waals surface area (Å²) in [6.07, 6.45) is 2.02. The van der Waals surface area contributed by atoms with Crippen LogP contribution in [0.4, 0.5) is 0 Å². The first-order chi connectivity index (χ1) is 13.4. The molecule has 0 atom stereocenters. The van der Waals surface area contributed by atoms with Crippen LogP contribution in [0.2, 0.25) is 0 Å². The Bertz CT molecular complexity index is 1100. The van der Waals surface area contributed by atoms with E-state index in [1.807, 2.05) is 30.3 Å². The van der Waals surface area contributed by atoms with Crippen molar-refractivity contribution in [3.63, 3.8) is 0 Å². The van der Waals surface area contributed by atoms with E-state index in [4.69, 9.17) is 4.42 Å². The Morgan fingerprint density at radius 1 is 1.11 bits per heavy atom. The van der Waals surface area contributed by atoms with Crippen LogP contribution in [-0.4, -0.2) is 37.0 Å². The van der Waals surface area contributed by atoms with Gasteiger partial charge in [0, 0.05) is 24.8 Å². The molecule has 1 aliphatic heterocycles. The van der Waals surface area contributed by atoms with Crippen molar-refractivity contribution in [1.82, 2.24) is 9.88 Å². The first-order valence-electron chi connectivity index (χ1n) is 9.01. The normalized spacial score (nSPS) is 14.0. The molecule has 0 saturated carbocycles. The number of carbonyl (C=O) groups is 1. The van der Waals surface area contributed by atoms with E-state index >= 15 is 0 Å². The standard InChI is InChI=1S/C21H20N2O4S/c1-28(25,26)17-9-7-15(8-10-17)13-20(24)23-12-11-19-18(14-23)22-21(27-19)16-5-3-2-4-6-16/h2-10H,11-14H2,1H3. The molecular weight excluding hydrogens is 376 g/mol. The summed E-state index contributed by atoms with van der Waals surface area (Å²) in [5, 5.41) is 0. The fourth-order valence-electron chi connectivity index (χ4n) is 3.26. The van der Waals surface area contributed by atoms with Gasteiger partial charge in [0.05, 0.1) is 17.9 Å². The number of carbonyl (C=O) groups excluding carboxylic acids is 1. The molecule has 2 heterocycles. The predicted octanol–water partition coefficient (Wildman–Crippen LogP) is 2.87. The predicted molar refractivity (Wildman–Crippen MR) is 104 cm³/mol. The molecule has 1 amide bonds. The lowest BCUT2D eigenvalue weighted by Gasteiger charge is -2.25. The highest BCUT2D eigenvalue weighted by Gasteiger charge is 2.25. The van der Waals surface area contributed by atoms with Crippen LogP contribution < -0.4 is 0 Å². The molecule has 28 heavy (non-hydrogen) atoms. The summed E-state index contributed by atoms with van der Waals surface area (Å²) in [7, 11) is -3.24. The Labute approximate surface area is 163 Å². The molecule has 1 aromatic heterocycles. The van der Waals surface area contributed by atoms with Crippen LogP contribution in [0, 0.1) is 0 Å². The van der Waals surface area contributed by atoms with Gasteiger partial charge in [0.15, 0.2) is 9.84 Å². The molecule has 1 aliphatic rings. The number of hydrogen-bond acceptors (Lipinski definition) is 5. The van der Waals surface area contributed by atoms with Crippen molar-refractivity contribution in [3.05, 3.63) is 71.6 Å². The molecule has 6 nitrogen and oxygen atoms in total. The molecule has 0 unspecified atom stereocenters. The molecule has 7 heteroatoms. The summed E-state index contributed by atoms with van der Waals surface area (Å²) in [6.45, 7) is 1.00. The van der Waals surface area contributed by atoms with Gasteiger partial charge in [-0.3, -0.25) is 4.79 Å². The monoisotopic (exact) mass is 396 g/mol. The second kappa shape index (κ2) is 7.24. The van der Waals surface area contributed by atoms with E-state index in [2.05, 4.69) is 4.98 Å². The lowest BCUT2D eigenvalue weighted by molar-refractivity contribution is -0.131. The molecule has 2 aromatic carbocycles. The van der Waals surface area contributed by atoms with Crippen molar-refractivity contribution in [2.45, 2.75) is 24.3 Å². The molecule has 0 saturated heterocycles. The van der Waals surface area contributed by atoms with Gasteiger partial charge in [-0.1, -0.05) is 30.3 Å². The number of rotatable bonds is 4. The van der Waals surface area contributed by atoms with Crippen LogP contribution in [0.1, 0.15) is 17.0 Å². The zero-order valence-corrected chi connectivity index (χ0v) is 16.3. The van der Waals surface area contributed by atoms with Crippen LogP contribution in [-0.2, 0) is 34.0 Å². The molecule has 0 fully saturated rings. The van der Waals surface area contributed by atoms with Gasteiger partial charge in [-0.15, -0.1) is 0 Å². The summed E-state index contributed by atoms with van der Waals surface area (Å²) in [6, 6.07) is 16.1. The Balaban J connectivity index is 1.45. The van der Waals surface area contributed by atoms with E-state index in [1.165, 1.54) is 18.4 Å². The second-order valence-electron chi connectivity index (χ2n) is 6.91. The maximum Gasteiger partial charge on any atom is 0.227 e. The van der Waals surface area contributed by atoms with Crippen molar-refractivity contribution in [2.24, 2.45) is 0 Å². The average molecular weight is 396 g/mol. The van der Waals surface area contributed by atoms with Crippen molar-refractivity contribution in [1.29, 1.82) is 0 Å². The van der Waals surface area contributed by atoms with Gasteiger partial charge in [-0.2, -0.15) is 0 Å². The van der Waals surface area contributed by atoms with Gasteiger partial charge in [0.1, 0.15) is 11.5 Å². The smallest absolute Gasteiger partial charge is 0.227 e. The number of sulfone groups is 1. The molecule has 4 rings (SSSR count). The van der Waals surface area contributed by atoms with E-state index in [-0.39, 0.29) is 17.2 Å². The minimum atomic E-state index is -3.24. The first kappa shape index (κ1) is 18.4. The maximum absolute atomic E-state index is 12.7. The van der Waals surface area contributed by atoms with Crippen molar-refractivity contribution < 1.29 is 17.6 Å². The zero-order valence-electron chi connectivity index (χ0n) is 15.5. The van der Waals surface area contributed by atoms with Crippen LogP contribution in [0.3, 0.4) is 0 Å². The third kappa shape index (κ3) is 3.84. The van der Waals surface area contributed by atoms with Crippen LogP contribution in [0.5, 0.6) is 0 Å². The highest BCUT2D eigenvalue weighted by Crippen LogP contribution is 2.26. The minimum absolute atomic E-state index is 0.0120. The molecule has 0 N–H and O–H groups in total. The number of benzene rings is 2. The van der Waals surface area contributed by atoms with Gasteiger partial charge in [0.25, 0.3) is 0 Å². The Kier molecular flexibility index (Phi) is 4.77. The van der Waals surface area contributed by atoms with E-state index in [9.17, 15) is 13.2 Å². The number of aromatic nitrogens is 1. The quantitative estimate of drug-likeness (QED) is 0.677. The lowest BCUT2D eigenvalue weighted by Crippen LogP contribution is -2.36. The molecule has 0 aliphatic carbocycles. The fourth-order valence-corrected chi connectivity index (χ4v) is 3.89. The molecule has 3 aromatic rings. The molecule has 0 spiro atoms. The van der Waals surface area contributed by atoms with Crippen LogP contribution >= 0.6 is 0 Å². The topological polar surface area (TPSA) is 80.5 Å². The van der Waals surface area contributed by atoms with Crippen molar-refractivity contribution >= 4 is 15.7 Å². The lowest BCUT2D eigenvalue weighted by atomic mass is 10.1. The summed E-state index contributed by atoms with van der Waals surface area (Å²) < 4.78 is 29.0. The SMILES string of the molecule is CS(=O)(=O)c1ccc(CC(=O)N2CCc3oc(-c4ccccc4)nc3C2)cc1. The fraction of sp³-hybridized carbons (Fsp3) is 0.238. The maximum atomic E-state index is 12.7. The summed E-state index contributed by atoms with van der Waals surface area (Å²) in [5.74, 6) is 1.40. The Hall–Kier alpha value is -2.93. The van der Waals surface area contributed by atoms with E-state index in [0.717, 1.165) is 22.6 Å². The number of amides is 1.